The van der Waals surface area contributed by atoms with Gasteiger partial charge in [-0.3, -0.25) is 4.79 Å². The predicted molar refractivity (Wildman–Crippen MR) is 144 cm³/mol. The molecule has 8 nitrogen and oxygen atoms in total. The molecule has 0 radical (unpaired) electrons. The Morgan fingerprint density at radius 3 is 2.22 bits per heavy atom. The van der Waals surface area contributed by atoms with Crippen molar-refractivity contribution < 1.29 is 17.9 Å². The van der Waals surface area contributed by atoms with Crippen LogP contribution >= 0.6 is 0 Å². The van der Waals surface area contributed by atoms with Crippen molar-refractivity contribution in [3.8, 4) is 11.4 Å². The third-order valence-corrected chi connectivity index (χ3v) is 8.82. The summed E-state index contributed by atoms with van der Waals surface area (Å²) in [7, 11) is 2.18. The first-order chi connectivity index (χ1) is 17.6. The van der Waals surface area contributed by atoms with Crippen LogP contribution in [0.3, 0.4) is 0 Å². The minimum atomic E-state index is -3.61. The molecular formula is C28H34N4O4S. The number of nitrogens with zero attached hydrogens (tertiary/aromatic N) is 4. The van der Waals surface area contributed by atoms with Crippen molar-refractivity contribution >= 4 is 21.4 Å². The Kier molecular flexibility index (Phi) is 6.62. The molecule has 1 aromatic heterocycles. The maximum Gasteiger partial charge on any atom is 0.277 e. The molecule has 0 saturated heterocycles. The number of rotatable bonds is 8. The Bertz CT molecular complexity index is 1410. The lowest BCUT2D eigenvalue weighted by Crippen LogP contribution is -2.39. The number of sulfone groups is 1. The molecule has 0 unspecified atom stereocenters. The molecule has 1 aliphatic carbocycles. The number of amides is 1. The average molecular weight is 523 g/mol. The summed E-state index contributed by atoms with van der Waals surface area (Å²) in [4.78, 5) is 17.8. The summed E-state index contributed by atoms with van der Waals surface area (Å²) < 4.78 is 31.8. The van der Waals surface area contributed by atoms with Crippen LogP contribution in [0.4, 0.5) is 5.69 Å². The van der Waals surface area contributed by atoms with Crippen LogP contribution in [0, 0.1) is 0 Å². The minimum absolute atomic E-state index is 0.0329. The summed E-state index contributed by atoms with van der Waals surface area (Å²) in [6, 6.07) is 15.4. The third kappa shape index (κ3) is 4.66. The highest BCUT2D eigenvalue weighted by molar-refractivity contribution is 7.90. The molecule has 1 aliphatic heterocycles. The minimum Gasteiger partial charge on any atom is -0.497 e. The molecule has 2 aliphatic rings. The van der Waals surface area contributed by atoms with E-state index in [-0.39, 0.29) is 16.3 Å². The Hall–Kier alpha value is -3.17. The zero-order valence-electron chi connectivity index (χ0n) is 21.9. The molecule has 5 rings (SSSR count). The number of hydrogen-bond donors (Lipinski definition) is 0. The topological polar surface area (TPSA) is 84.7 Å². The molecule has 0 atom stereocenters. The maximum absolute atomic E-state index is 13.8. The fourth-order valence-electron chi connectivity index (χ4n) is 5.50. The summed E-state index contributed by atoms with van der Waals surface area (Å²) in [5.74, 6) is 0.411. The molecule has 1 fully saturated rings. The molecule has 1 saturated carbocycles. The second-order valence-electron chi connectivity index (χ2n) is 10.5. The zero-order valence-corrected chi connectivity index (χ0v) is 22.7. The number of hydrogen-bond acceptors (Lipinski definition) is 6. The first-order valence-corrected chi connectivity index (χ1v) is 14.6. The smallest absolute Gasteiger partial charge is 0.277 e. The summed E-state index contributed by atoms with van der Waals surface area (Å²) in [5, 5.41) is 4.37. The van der Waals surface area contributed by atoms with Gasteiger partial charge in [-0.1, -0.05) is 18.6 Å². The van der Waals surface area contributed by atoms with Crippen LogP contribution in [-0.4, -0.2) is 69.6 Å². The molecule has 0 bridgehead atoms. The number of methoxy groups -OCH3 is 1. The number of benzene rings is 2. The van der Waals surface area contributed by atoms with Crippen LogP contribution in [0.1, 0.15) is 47.3 Å². The van der Waals surface area contributed by atoms with Gasteiger partial charge in [-0.15, -0.1) is 0 Å². The molecule has 0 spiro atoms. The van der Waals surface area contributed by atoms with Gasteiger partial charge in [0.25, 0.3) is 5.91 Å². The highest BCUT2D eigenvalue weighted by atomic mass is 32.2. The fourth-order valence-corrected chi connectivity index (χ4v) is 6.38. The monoisotopic (exact) mass is 522 g/mol. The standard InChI is InChI=1S/C28H34N4O4S/c1-30(2)19-17-28(15-5-16-28)20-6-8-21(9-7-20)31-18-14-24-25(27(31)33)32(29-26(24)37(4,34)35)22-10-12-23(36-3)13-11-22/h6-13H,5,14-19H2,1-4H3. The van der Waals surface area contributed by atoms with E-state index in [1.807, 2.05) is 12.1 Å². The lowest BCUT2D eigenvalue weighted by molar-refractivity contribution is 0.0973. The van der Waals surface area contributed by atoms with Crippen LogP contribution in [0.25, 0.3) is 5.69 Å². The molecule has 9 heteroatoms. The molecule has 196 valence electrons. The Morgan fingerprint density at radius 2 is 1.68 bits per heavy atom. The number of aromatic nitrogens is 2. The molecule has 37 heavy (non-hydrogen) atoms. The lowest BCUT2D eigenvalue weighted by atomic mass is 9.62. The SMILES string of the molecule is COc1ccc(-n2nc(S(C)(=O)=O)c3c2C(=O)N(c2ccc(C4(CCN(C)C)CCC4)cc2)CC3)cc1. The van der Waals surface area contributed by atoms with Crippen LogP contribution in [-0.2, 0) is 21.7 Å². The van der Waals surface area contributed by atoms with Crippen LogP contribution in [0.5, 0.6) is 5.75 Å². The van der Waals surface area contributed by atoms with Gasteiger partial charge in [0.05, 0.1) is 12.8 Å². The summed E-state index contributed by atoms with van der Waals surface area (Å²) >= 11 is 0. The normalized spacial score (nSPS) is 17.0. The van der Waals surface area contributed by atoms with Gasteiger partial charge in [0.1, 0.15) is 11.4 Å². The molecular weight excluding hydrogens is 488 g/mol. The Labute approximate surface area is 218 Å². The van der Waals surface area contributed by atoms with Crippen molar-refractivity contribution in [2.75, 3.05) is 45.5 Å². The maximum atomic E-state index is 13.8. The first-order valence-electron chi connectivity index (χ1n) is 12.7. The van der Waals surface area contributed by atoms with Gasteiger partial charge >= 0.3 is 0 Å². The van der Waals surface area contributed by atoms with Gasteiger partial charge in [0, 0.05) is 24.1 Å². The van der Waals surface area contributed by atoms with E-state index in [1.54, 1.807) is 36.3 Å². The van der Waals surface area contributed by atoms with Crippen molar-refractivity contribution in [3.05, 3.63) is 65.4 Å². The second-order valence-corrected chi connectivity index (χ2v) is 12.4. The second kappa shape index (κ2) is 9.61. The van der Waals surface area contributed by atoms with Crippen LogP contribution < -0.4 is 9.64 Å². The van der Waals surface area contributed by atoms with E-state index < -0.39 is 9.84 Å². The quantitative estimate of drug-likeness (QED) is 0.447. The third-order valence-electron chi connectivity index (χ3n) is 7.79. The summed E-state index contributed by atoms with van der Waals surface area (Å²) in [6.07, 6.45) is 6.31. The highest BCUT2D eigenvalue weighted by Gasteiger charge is 2.39. The van der Waals surface area contributed by atoms with E-state index in [9.17, 15) is 13.2 Å². The van der Waals surface area contributed by atoms with E-state index >= 15 is 0 Å². The first kappa shape index (κ1) is 25.5. The summed E-state index contributed by atoms with van der Waals surface area (Å²) in [5.41, 5.74) is 3.74. The Morgan fingerprint density at radius 1 is 1.03 bits per heavy atom. The van der Waals surface area contributed by atoms with E-state index in [4.69, 9.17) is 4.74 Å². The molecule has 2 aromatic carbocycles. The van der Waals surface area contributed by atoms with E-state index in [0.717, 1.165) is 24.9 Å². The van der Waals surface area contributed by atoms with Gasteiger partial charge in [0.2, 0.25) is 0 Å². The number of ether oxygens (including phenoxy) is 1. The van der Waals surface area contributed by atoms with Crippen molar-refractivity contribution in [2.24, 2.45) is 0 Å². The average Bonchev–Trinajstić information content (AvgIpc) is 3.25. The fraction of sp³-hybridized carbons (Fsp3) is 0.429. The highest BCUT2D eigenvalue weighted by Crippen LogP contribution is 2.47. The Balaban J connectivity index is 1.49. The number of carbonyl (C=O) groups is 1. The van der Waals surface area contributed by atoms with Gasteiger partial charge < -0.3 is 14.5 Å². The van der Waals surface area contributed by atoms with E-state index in [0.29, 0.717) is 35.7 Å². The molecule has 0 N–H and O–H groups in total. The van der Waals surface area contributed by atoms with Crippen molar-refractivity contribution in [2.45, 2.75) is 42.5 Å². The van der Waals surface area contributed by atoms with Crippen LogP contribution in [0.15, 0.2) is 53.6 Å². The van der Waals surface area contributed by atoms with Crippen LogP contribution in [0.2, 0.25) is 0 Å². The largest absolute Gasteiger partial charge is 0.497 e. The predicted octanol–water partition coefficient (Wildman–Crippen LogP) is 3.86. The van der Waals surface area contributed by atoms with Crippen molar-refractivity contribution in [3.63, 3.8) is 0 Å². The summed E-state index contributed by atoms with van der Waals surface area (Å²) in [6.45, 7) is 1.45. The van der Waals surface area contributed by atoms with Crippen molar-refractivity contribution in [1.82, 2.24) is 14.7 Å². The lowest BCUT2D eigenvalue weighted by Gasteiger charge is -2.43. The van der Waals surface area contributed by atoms with E-state index in [1.165, 1.54) is 29.5 Å². The zero-order chi connectivity index (χ0) is 26.4. The van der Waals surface area contributed by atoms with Gasteiger partial charge in [0.15, 0.2) is 14.9 Å². The molecule has 1 amide bonds. The number of anilines is 1. The van der Waals surface area contributed by atoms with Gasteiger partial charge in [-0.05, 0) is 93.7 Å². The van der Waals surface area contributed by atoms with Gasteiger partial charge in [-0.25, -0.2) is 13.1 Å². The van der Waals surface area contributed by atoms with Crippen molar-refractivity contribution in [1.29, 1.82) is 0 Å². The molecule has 3 aromatic rings. The number of carbonyl (C=O) groups excluding carboxylic acids is 1. The molecule has 2 heterocycles. The van der Waals surface area contributed by atoms with E-state index in [2.05, 4.69) is 36.2 Å². The van der Waals surface area contributed by atoms with Gasteiger partial charge in [-0.2, -0.15) is 5.10 Å². The number of fused-ring (bicyclic) bond motifs is 1.